The second-order valence-electron chi connectivity index (χ2n) is 6.30. The van der Waals surface area contributed by atoms with E-state index in [1.807, 2.05) is 0 Å². The molecule has 0 amide bonds. The molecule has 0 aromatic heterocycles. The maximum absolute atomic E-state index is 5.61. The lowest BCUT2D eigenvalue weighted by Crippen LogP contribution is -2.48. The second-order valence-corrected chi connectivity index (χ2v) is 7.57. The lowest BCUT2D eigenvalue weighted by atomic mass is 10.0. The van der Waals surface area contributed by atoms with Gasteiger partial charge in [-0.15, -0.1) is 11.8 Å². The molecule has 1 aliphatic rings. The third kappa shape index (κ3) is 5.10. The van der Waals surface area contributed by atoms with Gasteiger partial charge in [0.05, 0.1) is 0 Å². The van der Waals surface area contributed by atoms with Crippen molar-refractivity contribution in [2.24, 2.45) is 0 Å². The van der Waals surface area contributed by atoms with Crippen molar-refractivity contribution in [1.82, 2.24) is 9.80 Å². The number of anilines is 1. The number of rotatable bonds is 5. The molecule has 1 atom stereocenters. The van der Waals surface area contributed by atoms with Crippen LogP contribution in [0.15, 0.2) is 29.2 Å². The Bertz CT molecular complexity index is 513. The molecule has 0 spiro atoms. The first-order valence-electron chi connectivity index (χ1n) is 8.47. The molecule has 1 aromatic carbocycles. The van der Waals surface area contributed by atoms with Gasteiger partial charge >= 0.3 is 0 Å². The molecular formula is C18H29N3S2. The first-order chi connectivity index (χ1) is 11.0. The summed E-state index contributed by atoms with van der Waals surface area (Å²) in [5.41, 5.74) is 1.08. The first kappa shape index (κ1) is 18.6. The first-order valence-corrected chi connectivity index (χ1v) is 10.1. The Hall–Kier alpha value is -0.780. The number of hydrogen-bond donors (Lipinski definition) is 1. The molecule has 0 saturated carbocycles. The lowest BCUT2D eigenvalue weighted by Gasteiger charge is -2.40. The van der Waals surface area contributed by atoms with Gasteiger partial charge in [-0.25, -0.2) is 0 Å². The molecule has 2 rings (SSSR count). The Morgan fingerprint density at radius 3 is 2.74 bits per heavy atom. The van der Waals surface area contributed by atoms with Crippen molar-refractivity contribution in [3.63, 3.8) is 0 Å². The monoisotopic (exact) mass is 351 g/mol. The van der Waals surface area contributed by atoms with Crippen LogP contribution in [0.3, 0.4) is 0 Å². The van der Waals surface area contributed by atoms with E-state index in [0.717, 1.165) is 23.9 Å². The van der Waals surface area contributed by atoms with Crippen LogP contribution < -0.4 is 5.32 Å². The van der Waals surface area contributed by atoms with Crippen LogP contribution in [0.2, 0.25) is 0 Å². The number of nitrogens with one attached hydrogen (secondary N) is 1. The van der Waals surface area contributed by atoms with Crippen molar-refractivity contribution >= 4 is 34.8 Å². The topological polar surface area (TPSA) is 18.5 Å². The highest BCUT2D eigenvalue weighted by Crippen LogP contribution is 2.21. The SMILES string of the molecule is CC[C@@H](C)N(C)C1CCN(C(=S)Nc2cccc(SC)c2)CC1. The van der Waals surface area contributed by atoms with Gasteiger partial charge in [0, 0.05) is 35.8 Å². The number of thiocarbonyl (C=S) groups is 1. The van der Waals surface area contributed by atoms with Gasteiger partial charge in [0.2, 0.25) is 0 Å². The Balaban J connectivity index is 1.86. The maximum atomic E-state index is 5.61. The third-order valence-electron chi connectivity index (χ3n) is 4.93. The molecule has 0 unspecified atom stereocenters. The minimum atomic E-state index is 0.658. The molecule has 1 aliphatic heterocycles. The lowest BCUT2D eigenvalue weighted by molar-refractivity contribution is 0.126. The van der Waals surface area contributed by atoms with Gasteiger partial charge in [0.15, 0.2) is 5.11 Å². The van der Waals surface area contributed by atoms with Crippen LogP contribution in [0.4, 0.5) is 5.69 Å². The van der Waals surface area contributed by atoms with Gasteiger partial charge in [-0.3, -0.25) is 0 Å². The summed E-state index contributed by atoms with van der Waals surface area (Å²) in [6.07, 6.45) is 5.68. The van der Waals surface area contributed by atoms with E-state index in [2.05, 4.69) is 66.5 Å². The smallest absolute Gasteiger partial charge is 0.173 e. The highest BCUT2D eigenvalue weighted by Gasteiger charge is 2.25. The number of thioether (sulfide) groups is 1. The van der Waals surface area contributed by atoms with Crippen LogP contribution in [-0.4, -0.2) is 53.4 Å². The minimum Gasteiger partial charge on any atom is -0.349 e. The molecule has 128 valence electrons. The van der Waals surface area contributed by atoms with Gasteiger partial charge in [0.25, 0.3) is 0 Å². The summed E-state index contributed by atoms with van der Waals surface area (Å²) in [6.45, 7) is 6.66. The molecule has 1 heterocycles. The van der Waals surface area contributed by atoms with E-state index in [4.69, 9.17) is 12.2 Å². The van der Waals surface area contributed by atoms with E-state index >= 15 is 0 Å². The van der Waals surface area contributed by atoms with E-state index in [1.165, 1.54) is 24.2 Å². The number of benzene rings is 1. The molecule has 1 aromatic rings. The molecule has 0 bridgehead atoms. The molecule has 1 saturated heterocycles. The number of piperidine rings is 1. The van der Waals surface area contributed by atoms with Gasteiger partial charge in [0.1, 0.15) is 0 Å². The average Bonchev–Trinajstić information content (AvgIpc) is 2.60. The fraction of sp³-hybridized carbons (Fsp3) is 0.611. The highest BCUT2D eigenvalue weighted by atomic mass is 32.2. The normalized spacial score (nSPS) is 17.3. The zero-order valence-electron chi connectivity index (χ0n) is 14.7. The number of likely N-dealkylation sites (tertiary alicyclic amines) is 1. The van der Waals surface area contributed by atoms with Crippen molar-refractivity contribution in [2.75, 3.05) is 31.7 Å². The zero-order chi connectivity index (χ0) is 16.8. The van der Waals surface area contributed by atoms with Gasteiger partial charge in [-0.1, -0.05) is 13.0 Å². The van der Waals surface area contributed by atoms with E-state index in [1.54, 1.807) is 11.8 Å². The Morgan fingerprint density at radius 1 is 1.43 bits per heavy atom. The summed E-state index contributed by atoms with van der Waals surface area (Å²) in [5, 5.41) is 4.25. The third-order valence-corrected chi connectivity index (χ3v) is 6.02. The van der Waals surface area contributed by atoms with Gasteiger partial charge in [-0.05, 0) is 69.9 Å². The van der Waals surface area contributed by atoms with Crippen LogP contribution in [0.25, 0.3) is 0 Å². The largest absolute Gasteiger partial charge is 0.349 e. The fourth-order valence-electron chi connectivity index (χ4n) is 3.03. The molecular weight excluding hydrogens is 322 g/mol. The fourth-order valence-corrected chi connectivity index (χ4v) is 3.79. The van der Waals surface area contributed by atoms with E-state index in [9.17, 15) is 0 Å². The predicted molar refractivity (Wildman–Crippen MR) is 107 cm³/mol. The Labute approximate surface area is 150 Å². The molecule has 3 nitrogen and oxygen atoms in total. The van der Waals surface area contributed by atoms with Crippen LogP contribution in [-0.2, 0) is 0 Å². The van der Waals surface area contributed by atoms with E-state index < -0.39 is 0 Å². The quantitative estimate of drug-likeness (QED) is 0.628. The van der Waals surface area contributed by atoms with Gasteiger partial charge in [-0.2, -0.15) is 0 Å². The summed E-state index contributed by atoms with van der Waals surface area (Å²) in [4.78, 5) is 6.10. The molecule has 5 heteroatoms. The van der Waals surface area contributed by atoms with E-state index in [0.29, 0.717) is 12.1 Å². The maximum Gasteiger partial charge on any atom is 0.173 e. The van der Waals surface area contributed by atoms with Gasteiger partial charge < -0.3 is 15.1 Å². The van der Waals surface area contributed by atoms with E-state index in [-0.39, 0.29) is 0 Å². The molecule has 0 aliphatic carbocycles. The summed E-state index contributed by atoms with van der Waals surface area (Å²) < 4.78 is 0. The second kappa shape index (κ2) is 8.90. The Kier molecular flexibility index (Phi) is 7.18. The molecule has 1 N–H and O–H groups in total. The van der Waals surface area contributed by atoms with Crippen molar-refractivity contribution in [1.29, 1.82) is 0 Å². The molecule has 23 heavy (non-hydrogen) atoms. The summed E-state index contributed by atoms with van der Waals surface area (Å²) in [6, 6.07) is 9.77. The predicted octanol–water partition coefficient (Wildman–Crippen LogP) is 4.30. The number of nitrogens with zero attached hydrogens (tertiary/aromatic N) is 2. The molecule has 1 fully saturated rings. The van der Waals surface area contributed by atoms with Crippen LogP contribution in [0.5, 0.6) is 0 Å². The zero-order valence-corrected chi connectivity index (χ0v) is 16.3. The highest BCUT2D eigenvalue weighted by molar-refractivity contribution is 7.98. The summed E-state index contributed by atoms with van der Waals surface area (Å²) >= 11 is 7.36. The standard InChI is InChI=1S/C18H29N3S2/c1-5-14(2)20(3)16-9-11-21(12-10-16)18(22)19-15-7-6-8-17(13-15)23-4/h6-8,13-14,16H,5,9-12H2,1-4H3,(H,19,22)/t14-/m1/s1. The van der Waals surface area contributed by atoms with Crippen molar-refractivity contribution < 1.29 is 0 Å². The average molecular weight is 352 g/mol. The van der Waals surface area contributed by atoms with Crippen LogP contribution in [0.1, 0.15) is 33.1 Å². The van der Waals surface area contributed by atoms with Crippen molar-refractivity contribution in [3.8, 4) is 0 Å². The van der Waals surface area contributed by atoms with Crippen LogP contribution in [0, 0.1) is 0 Å². The summed E-state index contributed by atoms with van der Waals surface area (Å²) in [5.74, 6) is 0. The van der Waals surface area contributed by atoms with Crippen molar-refractivity contribution in [3.05, 3.63) is 24.3 Å². The summed E-state index contributed by atoms with van der Waals surface area (Å²) in [7, 11) is 2.26. The minimum absolute atomic E-state index is 0.658. The molecule has 0 radical (unpaired) electrons. The number of hydrogen-bond acceptors (Lipinski definition) is 3. The van der Waals surface area contributed by atoms with Crippen molar-refractivity contribution in [2.45, 2.75) is 50.1 Å². The Morgan fingerprint density at radius 2 is 2.13 bits per heavy atom. The van der Waals surface area contributed by atoms with Crippen LogP contribution >= 0.6 is 24.0 Å².